The van der Waals surface area contributed by atoms with Gasteiger partial charge in [0.05, 0.1) is 31.3 Å². The van der Waals surface area contributed by atoms with Gasteiger partial charge in [0.25, 0.3) is 5.56 Å². The van der Waals surface area contributed by atoms with E-state index in [-0.39, 0.29) is 12.4 Å². The molecule has 0 radical (unpaired) electrons. The van der Waals surface area contributed by atoms with Gasteiger partial charge in [0.2, 0.25) is 5.75 Å². The van der Waals surface area contributed by atoms with E-state index in [1.165, 1.54) is 13.3 Å². The molecule has 0 spiro atoms. The van der Waals surface area contributed by atoms with Crippen LogP contribution in [0.5, 0.6) is 5.75 Å². The molecule has 106 valence electrons. The summed E-state index contributed by atoms with van der Waals surface area (Å²) in [5, 5.41) is 27.3. The lowest BCUT2D eigenvalue weighted by molar-refractivity contribution is 0.0100. The van der Waals surface area contributed by atoms with Crippen molar-refractivity contribution in [2.45, 2.75) is 22.8 Å². The summed E-state index contributed by atoms with van der Waals surface area (Å²) in [5.41, 5.74) is -1.38. The fourth-order valence-corrected chi connectivity index (χ4v) is 3.29. The molecule has 1 fully saturated rings. The minimum Gasteiger partial charge on any atom is -0.490 e. The van der Waals surface area contributed by atoms with Gasteiger partial charge in [-0.2, -0.15) is 0 Å². The van der Waals surface area contributed by atoms with Crippen molar-refractivity contribution in [3.63, 3.8) is 0 Å². The van der Waals surface area contributed by atoms with Crippen LogP contribution in [0, 0.1) is 0 Å². The van der Waals surface area contributed by atoms with Crippen molar-refractivity contribution in [3.8, 4) is 5.75 Å². The molecular weight excluding hydrogens is 276 g/mol. The van der Waals surface area contributed by atoms with Crippen molar-refractivity contribution >= 4 is 11.8 Å². The number of aromatic nitrogens is 2. The van der Waals surface area contributed by atoms with Gasteiger partial charge in [0, 0.05) is 0 Å². The zero-order valence-electron chi connectivity index (χ0n) is 10.0. The molecule has 4 N–H and O–H groups in total. The third-order valence-corrected chi connectivity index (χ3v) is 4.51. The van der Waals surface area contributed by atoms with Gasteiger partial charge in [0.15, 0.2) is 0 Å². The number of aliphatic hydroxyl groups excluding tert-OH is 3. The normalized spacial score (nSPS) is 30.5. The first kappa shape index (κ1) is 14.1. The number of ether oxygens (including phenoxy) is 1. The average Bonchev–Trinajstić information content (AvgIpc) is 2.67. The Labute approximate surface area is 111 Å². The van der Waals surface area contributed by atoms with Crippen LogP contribution in [0.1, 0.15) is 5.37 Å². The first-order valence-electron chi connectivity index (χ1n) is 5.51. The number of nitrogens with zero attached hydrogens (tertiary/aromatic N) is 1. The quantitative estimate of drug-likeness (QED) is 0.501. The first-order valence-corrected chi connectivity index (χ1v) is 6.45. The van der Waals surface area contributed by atoms with Gasteiger partial charge in [-0.1, -0.05) is 0 Å². The van der Waals surface area contributed by atoms with Crippen LogP contribution in [0.15, 0.2) is 15.8 Å². The Morgan fingerprint density at radius 2 is 2.11 bits per heavy atom. The van der Waals surface area contributed by atoms with Gasteiger partial charge in [-0.15, -0.1) is 11.8 Å². The summed E-state index contributed by atoms with van der Waals surface area (Å²) < 4.78 is 5.89. The molecule has 1 aromatic heterocycles. The van der Waals surface area contributed by atoms with Gasteiger partial charge in [-0.05, 0) is 0 Å². The number of hydrogen-bond donors (Lipinski definition) is 4. The SMILES string of the molecule is COc1cn([C@@H]2S[C@H](CO)C(O)C2O)c(=O)[nH]c1=O. The number of nitrogens with one attached hydrogen (secondary N) is 1. The topological polar surface area (TPSA) is 125 Å². The highest BCUT2D eigenvalue weighted by molar-refractivity contribution is 8.00. The summed E-state index contributed by atoms with van der Waals surface area (Å²) in [5.74, 6) is -0.0747. The van der Waals surface area contributed by atoms with Crippen molar-refractivity contribution in [2.75, 3.05) is 13.7 Å². The van der Waals surface area contributed by atoms with E-state index in [1.807, 2.05) is 0 Å². The lowest BCUT2D eigenvalue weighted by atomic mass is 10.1. The van der Waals surface area contributed by atoms with Gasteiger partial charge in [-0.3, -0.25) is 14.3 Å². The molecule has 1 aromatic rings. The van der Waals surface area contributed by atoms with Crippen LogP contribution in [0.4, 0.5) is 0 Å². The van der Waals surface area contributed by atoms with E-state index in [0.29, 0.717) is 0 Å². The van der Waals surface area contributed by atoms with Gasteiger partial charge in [0.1, 0.15) is 11.5 Å². The van der Waals surface area contributed by atoms with Crippen LogP contribution in [0.2, 0.25) is 0 Å². The number of thioether (sulfide) groups is 1. The molecule has 9 heteroatoms. The second-order valence-electron chi connectivity index (χ2n) is 4.09. The van der Waals surface area contributed by atoms with E-state index in [4.69, 9.17) is 9.84 Å². The van der Waals surface area contributed by atoms with Crippen molar-refractivity contribution in [2.24, 2.45) is 0 Å². The first-order chi connectivity index (χ1) is 8.99. The molecule has 1 saturated heterocycles. The van der Waals surface area contributed by atoms with E-state index >= 15 is 0 Å². The standard InChI is InChI=1S/C10H14N2O6S/c1-18-4-2-12(10(17)11-8(4)16)9-7(15)6(14)5(3-13)19-9/h2,5-7,9,13-15H,3H2,1H3,(H,11,16,17)/t5-,6?,7?,9-/m1/s1. The summed E-state index contributed by atoms with van der Waals surface area (Å²) in [6, 6.07) is 0. The molecule has 0 aliphatic carbocycles. The number of aromatic amines is 1. The minimum absolute atomic E-state index is 0.0747. The Bertz CT molecular complexity index is 570. The van der Waals surface area contributed by atoms with E-state index in [1.54, 1.807) is 0 Å². The lowest BCUT2D eigenvalue weighted by Gasteiger charge is -2.17. The molecule has 19 heavy (non-hydrogen) atoms. The number of rotatable bonds is 3. The van der Waals surface area contributed by atoms with E-state index < -0.39 is 34.1 Å². The van der Waals surface area contributed by atoms with Crippen molar-refractivity contribution in [1.29, 1.82) is 0 Å². The molecule has 0 aromatic carbocycles. The zero-order chi connectivity index (χ0) is 14.2. The third kappa shape index (κ3) is 2.41. The second kappa shape index (κ2) is 5.37. The van der Waals surface area contributed by atoms with Gasteiger partial charge in [-0.25, -0.2) is 4.79 Å². The fourth-order valence-electron chi connectivity index (χ4n) is 1.91. The number of H-pyrrole nitrogens is 1. The number of hydrogen-bond acceptors (Lipinski definition) is 7. The maximum atomic E-state index is 11.7. The Morgan fingerprint density at radius 1 is 1.42 bits per heavy atom. The molecule has 2 heterocycles. The van der Waals surface area contributed by atoms with Crippen molar-refractivity contribution < 1.29 is 20.1 Å². The average molecular weight is 290 g/mol. The Balaban J connectivity index is 2.43. The molecule has 8 nitrogen and oxygen atoms in total. The highest BCUT2D eigenvalue weighted by atomic mass is 32.2. The van der Waals surface area contributed by atoms with Crippen LogP contribution in [0.3, 0.4) is 0 Å². The van der Waals surface area contributed by atoms with Crippen molar-refractivity contribution in [1.82, 2.24) is 9.55 Å². The maximum absolute atomic E-state index is 11.7. The van der Waals surface area contributed by atoms with Crippen LogP contribution in [0.25, 0.3) is 0 Å². The third-order valence-electron chi connectivity index (χ3n) is 2.95. The van der Waals surface area contributed by atoms with E-state index in [2.05, 4.69) is 4.98 Å². The largest absolute Gasteiger partial charge is 0.490 e. The smallest absolute Gasteiger partial charge is 0.329 e. The monoisotopic (exact) mass is 290 g/mol. The molecule has 1 aliphatic rings. The molecule has 2 unspecified atom stereocenters. The molecular formula is C10H14N2O6S. The van der Waals surface area contributed by atoms with Gasteiger partial charge >= 0.3 is 5.69 Å². The predicted molar refractivity (Wildman–Crippen MR) is 67.4 cm³/mol. The van der Waals surface area contributed by atoms with Crippen LogP contribution < -0.4 is 16.0 Å². The molecule has 0 bridgehead atoms. The number of aliphatic hydroxyl groups is 3. The molecule has 2 rings (SSSR count). The highest BCUT2D eigenvalue weighted by Crippen LogP contribution is 2.40. The Kier molecular flexibility index (Phi) is 3.99. The predicted octanol–water partition coefficient (Wildman–Crippen LogP) is -2.13. The van der Waals surface area contributed by atoms with Crippen LogP contribution in [-0.2, 0) is 0 Å². The van der Waals surface area contributed by atoms with E-state index in [0.717, 1.165) is 16.3 Å². The van der Waals surface area contributed by atoms with E-state index in [9.17, 15) is 19.8 Å². The zero-order valence-corrected chi connectivity index (χ0v) is 10.8. The summed E-state index contributed by atoms with van der Waals surface area (Å²) in [7, 11) is 1.28. The summed E-state index contributed by atoms with van der Waals surface area (Å²) in [6.45, 7) is -0.325. The molecule has 0 amide bonds. The number of methoxy groups -OCH3 is 1. The summed E-state index contributed by atoms with van der Waals surface area (Å²) in [4.78, 5) is 25.1. The fraction of sp³-hybridized carbons (Fsp3) is 0.600. The maximum Gasteiger partial charge on any atom is 0.329 e. The summed E-state index contributed by atoms with van der Waals surface area (Å²) >= 11 is 1.05. The Hall–Kier alpha value is -1.29. The molecule has 1 aliphatic heterocycles. The molecule has 4 atom stereocenters. The Morgan fingerprint density at radius 3 is 2.63 bits per heavy atom. The van der Waals surface area contributed by atoms with Crippen LogP contribution >= 0.6 is 11.8 Å². The molecule has 0 saturated carbocycles. The van der Waals surface area contributed by atoms with Crippen molar-refractivity contribution in [3.05, 3.63) is 27.0 Å². The summed E-state index contributed by atoms with van der Waals surface area (Å²) in [6.07, 6.45) is -1.20. The van der Waals surface area contributed by atoms with Crippen LogP contribution in [-0.4, -0.2) is 56.0 Å². The van der Waals surface area contributed by atoms with Gasteiger partial charge < -0.3 is 20.1 Å². The second-order valence-corrected chi connectivity index (χ2v) is 5.45. The lowest BCUT2D eigenvalue weighted by Crippen LogP contribution is -2.37. The highest BCUT2D eigenvalue weighted by Gasteiger charge is 2.43. The minimum atomic E-state index is -1.23.